The Bertz CT molecular complexity index is 375. The molecule has 0 radical (unpaired) electrons. The fourth-order valence-electron chi connectivity index (χ4n) is 1.11. The molecule has 0 saturated heterocycles. The van der Waals surface area contributed by atoms with Crippen molar-refractivity contribution in [1.29, 1.82) is 0 Å². The Morgan fingerprint density at radius 2 is 2.40 bits per heavy atom. The van der Waals surface area contributed by atoms with E-state index in [0.717, 1.165) is 5.01 Å². The average molecular weight is 250 g/mol. The van der Waals surface area contributed by atoms with Crippen LogP contribution >= 0.6 is 11.3 Å². The Kier molecular flexibility index (Phi) is 4.65. The molecule has 1 aromatic rings. The number of hydrogen-bond donors (Lipinski definition) is 2. The molecule has 0 aliphatic heterocycles. The summed E-state index contributed by atoms with van der Waals surface area (Å²) in [4.78, 5) is 4.06. The Hall–Kier alpha value is -0.500. The maximum atomic E-state index is 11.4. The van der Waals surface area contributed by atoms with Gasteiger partial charge in [-0.15, -0.1) is 11.3 Å². The summed E-state index contributed by atoms with van der Waals surface area (Å²) in [6.07, 6.45) is 2.28. The van der Waals surface area contributed by atoms with E-state index >= 15 is 0 Å². The molecule has 1 unspecified atom stereocenters. The van der Waals surface area contributed by atoms with E-state index in [2.05, 4.69) is 9.71 Å². The molecule has 7 heteroatoms. The molecule has 0 aliphatic carbocycles. The van der Waals surface area contributed by atoms with Gasteiger partial charge in [-0.3, -0.25) is 0 Å². The fourth-order valence-corrected chi connectivity index (χ4v) is 3.03. The van der Waals surface area contributed by atoms with Crippen LogP contribution < -0.4 is 4.72 Å². The lowest BCUT2D eigenvalue weighted by molar-refractivity contribution is 0.318. The van der Waals surface area contributed by atoms with Gasteiger partial charge in [-0.1, -0.05) is 6.92 Å². The van der Waals surface area contributed by atoms with Gasteiger partial charge in [0, 0.05) is 11.6 Å². The van der Waals surface area contributed by atoms with Gasteiger partial charge >= 0.3 is 0 Å². The Balaban J connectivity index is 2.70. The van der Waals surface area contributed by atoms with Crippen LogP contribution in [0.4, 0.5) is 0 Å². The molecule has 2 N–H and O–H groups in total. The molecule has 0 saturated carbocycles. The van der Waals surface area contributed by atoms with Gasteiger partial charge in [-0.2, -0.15) is 0 Å². The molecule has 86 valence electrons. The molecule has 1 rings (SSSR count). The normalized spacial score (nSPS) is 14.0. The summed E-state index contributed by atoms with van der Waals surface area (Å²) in [6, 6.07) is -0.290. The van der Waals surface area contributed by atoms with E-state index in [0.29, 0.717) is 6.42 Å². The molecule has 15 heavy (non-hydrogen) atoms. The van der Waals surface area contributed by atoms with Crippen molar-refractivity contribution in [2.75, 3.05) is 12.4 Å². The van der Waals surface area contributed by atoms with Crippen LogP contribution in [-0.4, -0.2) is 30.9 Å². The molecule has 0 spiro atoms. The molecular formula is C8H14N2O3S2. The maximum absolute atomic E-state index is 11.4. The van der Waals surface area contributed by atoms with Crippen LogP contribution in [0.1, 0.15) is 24.4 Å². The van der Waals surface area contributed by atoms with Crippen molar-refractivity contribution < 1.29 is 13.5 Å². The number of nitrogens with one attached hydrogen (secondary N) is 1. The van der Waals surface area contributed by atoms with Crippen molar-refractivity contribution in [2.45, 2.75) is 19.4 Å². The fraction of sp³-hybridized carbons (Fsp3) is 0.625. The number of aromatic nitrogens is 1. The highest BCUT2D eigenvalue weighted by atomic mass is 32.2. The van der Waals surface area contributed by atoms with Gasteiger partial charge in [-0.25, -0.2) is 18.1 Å². The number of aliphatic hydroxyl groups is 1. The van der Waals surface area contributed by atoms with Crippen molar-refractivity contribution in [1.82, 2.24) is 9.71 Å². The summed E-state index contributed by atoms with van der Waals surface area (Å²) in [6.45, 7) is 1.51. The Labute approximate surface area is 93.2 Å². The molecule has 1 aromatic heterocycles. The molecule has 1 heterocycles. The second-order valence-electron chi connectivity index (χ2n) is 2.99. The van der Waals surface area contributed by atoms with Crippen molar-refractivity contribution in [3.63, 3.8) is 0 Å². The summed E-state index contributed by atoms with van der Waals surface area (Å²) in [5.41, 5.74) is 0. The predicted octanol–water partition coefficient (Wildman–Crippen LogP) is 0.506. The minimum Gasteiger partial charge on any atom is -0.395 e. The number of sulfonamides is 1. The van der Waals surface area contributed by atoms with Crippen molar-refractivity contribution in [3.05, 3.63) is 16.6 Å². The van der Waals surface area contributed by atoms with Crippen LogP contribution in [0.5, 0.6) is 0 Å². The zero-order valence-corrected chi connectivity index (χ0v) is 10.0. The predicted molar refractivity (Wildman–Crippen MR) is 59.2 cm³/mol. The standard InChI is InChI=1S/C8H14N2O3S2/c1-2-7(8-9-3-5-14-8)10-15(12,13)6-4-11/h3,5,7,10-11H,2,4,6H2,1H3. The third kappa shape index (κ3) is 3.86. The minimum absolute atomic E-state index is 0.269. The molecule has 0 amide bonds. The summed E-state index contributed by atoms with van der Waals surface area (Å²) in [5, 5.41) is 11.1. The maximum Gasteiger partial charge on any atom is 0.214 e. The van der Waals surface area contributed by atoms with Crippen molar-refractivity contribution >= 4 is 21.4 Å². The number of thiazole rings is 1. The lowest BCUT2D eigenvalue weighted by Crippen LogP contribution is -2.31. The number of hydrogen-bond acceptors (Lipinski definition) is 5. The monoisotopic (exact) mass is 250 g/mol. The topological polar surface area (TPSA) is 79.3 Å². The Morgan fingerprint density at radius 3 is 2.87 bits per heavy atom. The van der Waals surface area contributed by atoms with E-state index in [-0.39, 0.29) is 18.4 Å². The highest BCUT2D eigenvalue weighted by molar-refractivity contribution is 7.89. The van der Waals surface area contributed by atoms with Crippen LogP contribution in [-0.2, 0) is 10.0 Å². The second kappa shape index (κ2) is 5.55. The zero-order valence-electron chi connectivity index (χ0n) is 8.38. The molecular weight excluding hydrogens is 236 g/mol. The van der Waals surface area contributed by atoms with Crippen LogP contribution in [0.15, 0.2) is 11.6 Å². The minimum atomic E-state index is -3.40. The Morgan fingerprint density at radius 1 is 1.67 bits per heavy atom. The zero-order chi connectivity index (χ0) is 11.3. The van der Waals surface area contributed by atoms with Gasteiger partial charge < -0.3 is 5.11 Å². The van der Waals surface area contributed by atoms with Gasteiger partial charge in [0.15, 0.2) is 0 Å². The quantitative estimate of drug-likeness (QED) is 0.771. The van der Waals surface area contributed by atoms with Gasteiger partial charge in [0.25, 0.3) is 0 Å². The van der Waals surface area contributed by atoms with E-state index in [1.54, 1.807) is 11.6 Å². The van der Waals surface area contributed by atoms with E-state index < -0.39 is 10.0 Å². The third-order valence-electron chi connectivity index (χ3n) is 1.84. The first-order valence-corrected chi connectivity index (χ1v) is 7.12. The second-order valence-corrected chi connectivity index (χ2v) is 5.79. The van der Waals surface area contributed by atoms with E-state index in [1.807, 2.05) is 6.92 Å². The molecule has 0 fully saturated rings. The summed E-state index contributed by atoms with van der Waals surface area (Å²) >= 11 is 1.41. The molecule has 0 bridgehead atoms. The van der Waals surface area contributed by atoms with Crippen LogP contribution in [0.25, 0.3) is 0 Å². The van der Waals surface area contributed by atoms with E-state index in [4.69, 9.17) is 5.11 Å². The first-order valence-electron chi connectivity index (χ1n) is 4.59. The van der Waals surface area contributed by atoms with Gasteiger partial charge in [-0.05, 0) is 6.42 Å². The molecule has 5 nitrogen and oxygen atoms in total. The lowest BCUT2D eigenvalue weighted by Gasteiger charge is -2.13. The average Bonchev–Trinajstić information content (AvgIpc) is 2.67. The largest absolute Gasteiger partial charge is 0.395 e. The molecule has 0 aliphatic rings. The van der Waals surface area contributed by atoms with Gasteiger partial charge in [0.2, 0.25) is 10.0 Å². The summed E-state index contributed by atoms with van der Waals surface area (Å²) < 4.78 is 25.3. The lowest BCUT2D eigenvalue weighted by atomic mass is 10.3. The van der Waals surface area contributed by atoms with Gasteiger partial charge in [0.05, 0.1) is 18.4 Å². The molecule has 0 aromatic carbocycles. The SMILES string of the molecule is CCC(NS(=O)(=O)CCO)c1nccs1. The van der Waals surface area contributed by atoms with Crippen molar-refractivity contribution in [3.8, 4) is 0 Å². The van der Waals surface area contributed by atoms with Crippen LogP contribution in [0.2, 0.25) is 0 Å². The smallest absolute Gasteiger partial charge is 0.214 e. The number of aliphatic hydroxyl groups excluding tert-OH is 1. The third-order valence-corrected chi connectivity index (χ3v) is 4.09. The highest BCUT2D eigenvalue weighted by Crippen LogP contribution is 2.19. The van der Waals surface area contributed by atoms with Crippen LogP contribution in [0.3, 0.4) is 0 Å². The van der Waals surface area contributed by atoms with E-state index in [9.17, 15) is 8.42 Å². The number of rotatable bonds is 6. The van der Waals surface area contributed by atoms with Crippen molar-refractivity contribution in [2.24, 2.45) is 0 Å². The summed E-state index contributed by atoms with van der Waals surface area (Å²) in [5.74, 6) is -0.269. The van der Waals surface area contributed by atoms with Crippen LogP contribution in [0, 0.1) is 0 Å². The first-order chi connectivity index (χ1) is 7.09. The van der Waals surface area contributed by atoms with E-state index in [1.165, 1.54) is 11.3 Å². The first kappa shape index (κ1) is 12.6. The number of nitrogens with zero attached hydrogens (tertiary/aromatic N) is 1. The summed E-state index contributed by atoms with van der Waals surface area (Å²) in [7, 11) is -3.40. The van der Waals surface area contributed by atoms with Gasteiger partial charge in [0.1, 0.15) is 5.01 Å². The molecule has 1 atom stereocenters. The highest BCUT2D eigenvalue weighted by Gasteiger charge is 2.19.